The zero-order valence-corrected chi connectivity index (χ0v) is 16.8. The van der Waals surface area contributed by atoms with Crippen LogP contribution in [-0.2, 0) is 28.7 Å². The van der Waals surface area contributed by atoms with Gasteiger partial charge in [0, 0.05) is 0 Å². The normalized spacial score (nSPS) is 12.2. The molecule has 2 rings (SSSR count). The zero-order valence-electron chi connectivity index (χ0n) is 16.8. The standard InChI is InChI=1S/C22H24N2O6/c1-3-29-21(27)19(25)23-17(15-11-7-5-8-12-15)18(16-13-9-6-10-14-16)24-20(26)22(28)30-4-2/h5-14,17-18H,3-4H2,1-2H3,(H,23,25)(H,24,26)/t17-,18-/m1/s1. The number of nitrogens with one attached hydrogen (secondary N) is 2. The summed E-state index contributed by atoms with van der Waals surface area (Å²) in [5, 5.41) is 5.22. The smallest absolute Gasteiger partial charge is 0.396 e. The van der Waals surface area contributed by atoms with Crippen LogP contribution in [0.2, 0.25) is 0 Å². The maximum absolute atomic E-state index is 12.4. The van der Waals surface area contributed by atoms with Gasteiger partial charge in [-0.3, -0.25) is 9.59 Å². The Morgan fingerprint density at radius 1 is 0.667 bits per heavy atom. The van der Waals surface area contributed by atoms with E-state index in [1.165, 1.54) is 0 Å². The van der Waals surface area contributed by atoms with Gasteiger partial charge in [-0.2, -0.15) is 0 Å². The molecule has 2 aromatic carbocycles. The minimum Gasteiger partial charge on any atom is -0.459 e. The molecule has 0 aliphatic carbocycles. The summed E-state index contributed by atoms with van der Waals surface area (Å²) >= 11 is 0. The highest BCUT2D eigenvalue weighted by molar-refractivity contribution is 6.33. The van der Waals surface area contributed by atoms with Crippen molar-refractivity contribution in [2.45, 2.75) is 25.9 Å². The van der Waals surface area contributed by atoms with Gasteiger partial charge in [0.1, 0.15) is 0 Å². The first-order chi connectivity index (χ1) is 14.5. The number of benzene rings is 2. The number of rotatable bonds is 7. The molecule has 158 valence electrons. The van der Waals surface area contributed by atoms with E-state index in [9.17, 15) is 19.2 Å². The zero-order chi connectivity index (χ0) is 21.9. The van der Waals surface area contributed by atoms with Crippen molar-refractivity contribution in [3.63, 3.8) is 0 Å². The van der Waals surface area contributed by atoms with Gasteiger partial charge in [-0.1, -0.05) is 60.7 Å². The van der Waals surface area contributed by atoms with Crippen molar-refractivity contribution < 1.29 is 28.7 Å². The molecular formula is C22H24N2O6. The van der Waals surface area contributed by atoms with E-state index >= 15 is 0 Å². The summed E-state index contributed by atoms with van der Waals surface area (Å²) in [6, 6.07) is 15.9. The maximum atomic E-state index is 12.4. The molecule has 0 saturated carbocycles. The van der Waals surface area contributed by atoms with E-state index in [0.29, 0.717) is 11.1 Å². The fourth-order valence-corrected chi connectivity index (χ4v) is 2.83. The Hall–Kier alpha value is -3.68. The van der Waals surface area contributed by atoms with Crippen LogP contribution in [-0.4, -0.2) is 37.0 Å². The predicted molar refractivity (Wildman–Crippen MR) is 108 cm³/mol. The van der Waals surface area contributed by atoms with Crippen LogP contribution < -0.4 is 10.6 Å². The van der Waals surface area contributed by atoms with E-state index in [0.717, 1.165) is 0 Å². The van der Waals surface area contributed by atoms with Gasteiger partial charge in [0.2, 0.25) is 0 Å². The second kappa shape index (κ2) is 11.4. The Bertz CT molecular complexity index is 796. The van der Waals surface area contributed by atoms with Gasteiger partial charge < -0.3 is 20.1 Å². The van der Waals surface area contributed by atoms with Gasteiger partial charge in [-0.05, 0) is 25.0 Å². The van der Waals surface area contributed by atoms with Crippen molar-refractivity contribution in [3.8, 4) is 0 Å². The lowest BCUT2D eigenvalue weighted by atomic mass is 9.93. The lowest BCUT2D eigenvalue weighted by molar-refractivity contribution is -0.156. The molecule has 0 aliphatic rings. The Balaban J connectivity index is 2.43. The molecule has 0 unspecified atom stereocenters. The number of carbonyl (C=O) groups is 4. The Labute approximate surface area is 174 Å². The first-order valence-corrected chi connectivity index (χ1v) is 9.53. The van der Waals surface area contributed by atoms with Crippen molar-refractivity contribution in [1.82, 2.24) is 10.6 Å². The average Bonchev–Trinajstić information content (AvgIpc) is 2.77. The molecule has 8 heteroatoms. The molecule has 0 saturated heterocycles. The highest BCUT2D eigenvalue weighted by atomic mass is 16.5. The van der Waals surface area contributed by atoms with Crippen molar-refractivity contribution >= 4 is 23.8 Å². The van der Waals surface area contributed by atoms with Gasteiger partial charge in [0.15, 0.2) is 0 Å². The summed E-state index contributed by atoms with van der Waals surface area (Å²) in [7, 11) is 0. The molecule has 0 aliphatic heterocycles. The van der Waals surface area contributed by atoms with Gasteiger partial charge in [0.25, 0.3) is 0 Å². The third-order valence-corrected chi connectivity index (χ3v) is 4.15. The number of amides is 2. The minimum absolute atomic E-state index is 0.0456. The number of carbonyl (C=O) groups excluding carboxylic acids is 4. The van der Waals surface area contributed by atoms with E-state index in [1.807, 2.05) is 0 Å². The lowest BCUT2D eigenvalue weighted by Crippen LogP contribution is -2.45. The molecule has 0 heterocycles. The molecule has 0 radical (unpaired) electrons. The monoisotopic (exact) mass is 412 g/mol. The van der Waals surface area contributed by atoms with Crippen molar-refractivity contribution in [2.24, 2.45) is 0 Å². The Kier molecular flexibility index (Phi) is 8.56. The molecule has 0 spiro atoms. The topological polar surface area (TPSA) is 111 Å². The van der Waals surface area contributed by atoms with Crippen LogP contribution in [0, 0.1) is 0 Å². The molecule has 0 fully saturated rings. The van der Waals surface area contributed by atoms with Crippen molar-refractivity contribution in [1.29, 1.82) is 0 Å². The summed E-state index contributed by atoms with van der Waals surface area (Å²) in [5.41, 5.74) is 1.24. The van der Waals surface area contributed by atoms with Gasteiger partial charge >= 0.3 is 23.8 Å². The number of ether oxygens (including phenoxy) is 2. The largest absolute Gasteiger partial charge is 0.459 e. The van der Waals surface area contributed by atoms with Gasteiger partial charge in [-0.25, -0.2) is 9.59 Å². The number of hydrogen-bond donors (Lipinski definition) is 2. The molecule has 2 amide bonds. The van der Waals surface area contributed by atoms with Crippen LogP contribution in [0.1, 0.15) is 37.1 Å². The first-order valence-electron chi connectivity index (χ1n) is 9.53. The summed E-state index contributed by atoms with van der Waals surface area (Å²) in [6.45, 7) is 3.27. The predicted octanol–water partition coefficient (Wildman–Crippen LogP) is 1.83. The highest BCUT2D eigenvalue weighted by Crippen LogP contribution is 2.29. The van der Waals surface area contributed by atoms with Crippen LogP contribution >= 0.6 is 0 Å². The third kappa shape index (κ3) is 6.16. The summed E-state index contributed by atoms with van der Waals surface area (Å²) in [6.07, 6.45) is 0. The quantitative estimate of drug-likeness (QED) is 0.530. The van der Waals surface area contributed by atoms with E-state index in [1.54, 1.807) is 74.5 Å². The molecule has 8 nitrogen and oxygen atoms in total. The molecule has 0 aromatic heterocycles. The van der Waals surface area contributed by atoms with Gasteiger partial charge in [-0.15, -0.1) is 0 Å². The summed E-state index contributed by atoms with van der Waals surface area (Å²) in [5.74, 6) is -4.00. The second-order valence-corrected chi connectivity index (χ2v) is 6.16. The fourth-order valence-electron chi connectivity index (χ4n) is 2.83. The van der Waals surface area contributed by atoms with Crippen LogP contribution in [0.4, 0.5) is 0 Å². The molecule has 2 aromatic rings. The van der Waals surface area contributed by atoms with E-state index in [-0.39, 0.29) is 13.2 Å². The Morgan fingerprint density at radius 2 is 1.00 bits per heavy atom. The third-order valence-electron chi connectivity index (χ3n) is 4.15. The first kappa shape index (κ1) is 22.6. The highest BCUT2D eigenvalue weighted by Gasteiger charge is 2.32. The minimum atomic E-state index is -1.04. The van der Waals surface area contributed by atoms with E-state index in [4.69, 9.17) is 9.47 Å². The Morgan fingerprint density at radius 3 is 1.30 bits per heavy atom. The maximum Gasteiger partial charge on any atom is 0.396 e. The van der Waals surface area contributed by atoms with Crippen LogP contribution in [0.15, 0.2) is 60.7 Å². The van der Waals surface area contributed by atoms with Crippen LogP contribution in [0.3, 0.4) is 0 Å². The molecule has 2 atom stereocenters. The number of esters is 2. The molecule has 30 heavy (non-hydrogen) atoms. The van der Waals surface area contributed by atoms with E-state index < -0.39 is 35.8 Å². The molecular weight excluding hydrogens is 388 g/mol. The molecule has 2 N–H and O–H groups in total. The van der Waals surface area contributed by atoms with Crippen molar-refractivity contribution in [2.75, 3.05) is 13.2 Å². The number of hydrogen-bond acceptors (Lipinski definition) is 6. The van der Waals surface area contributed by atoms with Crippen molar-refractivity contribution in [3.05, 3.63) is 71.8 Å². The lowest BCUT2D eigenvalue weighted by Gasteiger charge is -2.29. The molecule has 0 bridgehead atoms. The fraction of sp³-hybridized carbons (Fsp3) is 0.273. The summed E-state index contributed by atoms with van der Waals surface area (Å²) < 4.78 is 9.53. The summed E-state index contributed by atoms with van der Waals surface area (Å²) in [4.78, 5) is 48.5. The van der Waals surface area contributed by atoms with Crippen LogP contribution in [0.5, 0.6) is 0 Å². The van der Waals surface area contributed by atoms with Gasteiger partial charge in [0.05, 0.1) is 25.3 Å². The SMILES string of the molecule is CCOC(=O)C(=O)N[C@H](c1ccccc1)[C@H](NC(=O)C(=O)OCC)c1ccccc1. The second-order valence-electron chi connectivity index (χ2n) is 6.16. The van der Waals surface area contributed by atoms with E-state index in [2.05, 4.69) is 10.6 Å². The average molecular weight is 412 g/mol. The van der Waals surface area contributed by atoms with Crippen LogP contribution in [0.25, 0.3) is 0 Å².